The third-order valence-electron chi connectivity index (χ3n) is 2.53. The average Bonchev–Trinajstić information content (AvgIpc) is 2.05. The fourth-order valence-electron chi connectivity index (χ4n) is 1.47. The summed E-state index contributed by atoms with van der Waals surface area (Å²) in [5.41, 5.74) is -0.558. The monoisotopic (exact) mass is 216 g/mol. The third-order valence-corrected chi connectivity index (χ3v) is 3.23. The molecule has 0 unspecified atom stereocenters. The standard InChI is InChI=1S/C8H12N2OS2/c1-3-8(4-2)5(11)9-7(13)10-6(8)12/h3-4H2,1-2H3,(H2,9,10,11,12,13). The number of nitrogens with one attached hydrogen (secondary N) is 2. The molecule has 2 N–H and O–H groups in total. The van der Waals surface area contributed by atoms with Gasteiger partial charge in [-0.05, 0) is 25.1 Å². The molecule has 1 saturated heterocycles. The molecule has 0 saturated carbocycles. The van der Waals surface area contributed by atoms with Crippen LogP contribution < -0.4 is 10.6 Å². The fourth-order valence-corrected chi connectivity index (χ4v) is 2.21. The topological polar surface area (TPSA) is 41.1 Å². The van der Waals surface area contributed by atoms with Gasteiger partial charge in [0.1, 0.15) is 0 Å². The highest BCUT2D eigenvalue weighted by molar-refractivity contribution is 7.82. The molecule has 3 nitrogen and oxygen atoms in total. The fraction of sp³-hybridized carbons (Fsp3) is 0.625. The van der Waals surface area contributed by atoms with Crippen LogP contribution in [-0.2, 0) is 4.79 Å². The van der Waals surface area contributed by atoms with Gasteiger partial charge in [-0.3, -0.25) is 4.79 Å². The number of thiocarbonyl (C=S) groups is 2. The van der Waals surface area contributed by atoms with Gasteiger partial charge < -0.3 is 10.6 Å². The molecule has 0 spiro atoms. The molecule has 0 aromatic rings. The Bertz CT molecular complexity index is 249. The van der Waals surface area contributed by atoms with Crippen molar-refractivity contribution in [1.82, 2.24) is 10.6 Å². The van der Waals surface area contributed by atoms with Gasteiger partial charge in [0.25, 0.3) is 0 Å². The summed E-state index contributed by atoms with van der Waals surface area (Å²) in [5.74, 6) is -0.0775. The van der Waals surface area contributed by atoms with E-state index >= 15 is 0 Å². The predicted octanol–water partition coefficient (Wildman–Crippen LogP) is 1.12. The van der Waals surface area contributed by atoms with Crippen molar-refractivity contribution in [2.45, 2.75) is 26.7 Å². The zero-order chi connectivity index (χ0) is 10.1. The lowest BCUT2D eigenvalue weighted by atomic mass is 9.80. The number of rotatable bonds is 2. The second-order valence-corrected chi connectivity index (χ2v) is 3.84. The van der Waals surface area contributed by atoms with Gasteiger partial charge in [-0.1, -0.05) is 26.1 Å². The van der Waals surface area contributed by atoms with Gasteiger partial charge in [-0.25, -0.2) is 0 Å². The van der Waals surface area contributed by atoms with E-state index < -0.39 is 5.41 Å². The van der Waals surface area contributed by atoms with Gasteiger partial charge in [0.2, 0.25) is 5.91 Å². The maximum atomic E-state index is 11.7. The van der Waals surface area contributed by atoms with Crippen molar-refractivity contribution in [2.24, 2.45) is 5.41 Å². The molecule has 0 bridgehead atoms. The van der Waals surface area contributed by atoms with Crippen LogP contribution in [0, 0.1) is 5.41 Å². The first kappa shape index (κ1) is 10.5. The predicted molar refractivity (Wildman–Crippen MR) is 59.5 cm³/mol. The van der Waals surface area contributed by atoms with Gasteiger partial charge >= 0.3 is 0 Å². The molecule has 72 valence electrons. The molecule has 1 aliphatic rings. The van der Waals surface area contributed by atoms with Crippen LogP contribution in [0.5, 0.6) is 0 Å². The Kier molecular flexibility index (Phi) is 2.98. The van der Waals surface area contributed by atoms with E-state index in [2.05, 4.69) is 10.6 Å². The highest BCUT2D eigenvalue weighted by Crippen LogP contribution is 2.29. The van der Waals surface area contributed by atoms with Crippen LogP contribution in [0.25, 0.3) is 0 Å². The lowest BCUT2D eigenvalue weighted by Crippen LogP contribution is -2.61. The summed E-state index contributed by atoms with van der Waals surface area (Å²) in [6.07, 6.45) is 1.40. The van der Waals surface area contributed by atoms with Crippen molar-refractivity contribution in [3.05, 3.63) is 0 Å². The largest absolute Gasteiger partial charge is 0.326 e. The van der Waals surface area contributed by atoms with Crippen LogP contribution in [-0.4, -0.2) is 16.0 Å². The summed E-state index contributed by atoms with van der Waals surface area (Å²) in [7, 11) is 0. The van der Waals surface area contributed by atoms with Gasteiger partial charge in [-0.15, -0.1) is 0 Å². The average molecular weight is 216 g/mol. The number of hydrogen-bond donors (Lipinski definition) is 2. The van der Waals surface area contributed by atoms with Gasteiger partial charge in [0, 0.05) is 0 Å². The molecule has 0 aromatic heterocycles. The summed E-state index contributed by atoms with van der Waals surface area (Å²) in [4.78, 5) is 12.2. The van der Waals surface area contributed by atoms with Crippen molar-refractivity contribution in [3.8, 4) is 0 Å². The van der Waals surface area contributed by atoms with Gasteiger partial charge in [-0.2, -0.15) is 0 Å². The zero-order valence-electron chi connectivity index (χ0n) is 7.64. The maximum Gasteiger partial charge on any atom is 0.239 e. The Balaban J connectivity index is 3.01. The van der Waals surface area contributed by atoms with Crippen molar-refractivity contribution in [3.63, 3.8) is 0 Å². The van der Waals surface area contributed by atoms with Crippen LogP contribution >= 0.6 is 24.4 Å². The summed E-state index contributed by atoms with van der Waals surface area (Å²) in [5, 5.41) is 5.74. The Morgan fingerprint density at radius 1 is 1.23 bits per heavy atom. The zero-order valence-corrected chi connectivity index (χ0v) is 9.27. The van der Waals surface area contributed by atoms with E-state index in [1.165, 1.54) is 0 Å². The molecular formula is C8H12N2OS2. The Hall–Kier alpha value is -0.550. The minimum Gasteiger partial charge on any atom is -0.326 e. The molecule has 0 aliphatic carbocycles. The molecule has 0 radical (unpaired) electrons. The molecule has 1 fully saturated rings. The normalized spacial score (nSPS) is 20.9. The molecule has 0 aromatic carbocycles. The van der Waals surface area contributed by atoms with Crippen molar-refractivity contribution >= 4 is 40.4 Å². The van der Waals surface area contributed by atoms with E-state index in [-0.39, 0.29) is 5.91 Å². The molecule has 13 heavy (non-hydrogen) atoms. The van der Waals surface area contributed by atoms with E-state index in [0.717, 1.165) is 0 Å². The van der Waals surface area contributed by atoms with Gasteiger partial charge in [0.15, 0.2) is 5.11 Å². The SMILES string of the molecule is CCC1(CC)C(=O)NC(=S)NC1=S. The Labute approximate surface area is 88.3 Å². The van der Waals surface area contributed by atoms with Gasteiger partial charge in [0.05, 0.1) is 10.4 Å². The van der Waals surface area contributed by atoms with Crippen molar-refractivity contribution in [2.75, 3.05) is 0 Å². The van der Waals surface area contributed by atoms with E-state index in [1.54, 1.807) is 0 Å². The molecule has 1 rings (SSSR count). The number of carbonyl (C=O) groups excluding carboxylic acids is 1. The lowest BCUT2D eigenvalue weighted by Gasteiger charge is -2.35. The number of amides is 1. The maximum absolute atomic E-state index is 11.7. The molecular weight excluding hydrogens is 204 g/mol. The summed E-state index contributed by atoms with van der Waals surface area (Å²) < 4.78 is 0. The van der Waals surface area contributed by atoms with Crippen LogP contribution in [0.2, 0.25) is 0 Å². The summed E-state index contributed by atoms with van der Waals surface area (Å²) >= 11 is 9.96. The smallest absolute Gasteiger partial charge is 0.239 e. The first-order valence-electron chi connectivity index (χ1n) is 4.23. The second kappa shape index (κ2) is 3.67. The van der Waals surface area contributed by atoms with Crippen LogP contribution in [0.15, 0.2) is 0 Å². The van der Waals surface area contributed by atoms with E-state index in [4.69, 9.17) is 24.4 Å². The van der Waals surface area contributed by atoms with Crippen molar-refractivity contribution < 1.29 is 4.79 Å². The molecule has 1 amide bonds. The summed E-state index contributed by atoms with van der Waals surface area (Å²) in [6, 6.07) is 0. The first-order chi connectivity index (χ1) is 6.06. The number of carbonyl (C=O) groups is 1. The van der Waals surface area contributed by atoms with Crippen LogP contribution in [0.4, 0.5) is 0 Å². The summed E-state index contributed by atoms with van der Waals surface area (Å²) in [6.45, 7) is 3.90. The minimum atomic E-state index is -0.558. The Morgan fingerprint density at radius 3 is 2.15 bits per heavy atom. The lowest BCUT2D eigenvalue weighted by molar-refractivity contribution is -0.126. The third kappa shape index (κ3) is 1.58. The van der Waals surface area contributed by atoms with Crippen molar-refractivity contribution in [1.29, 1.82) is 0 Å². The van der Waals surface area contributed by atoms with E-state index in [1.807, 2.05) is 13.8 Å². The highest BCUT2D eigenvalue weighted by atomic mass is 32.1. The number of hydrogen-bond acceptors (Lipinski definition) is 3. The van der Waals surface area contributed by atoms with Crippen LogP contribution in [0.1, 0.15) is 26.7 Å². The molecule has 1 heterocycles. The van der Waals surface area contributed by atoms with E-state index in [9.17, 15) is 4.79 Å². The quantitative estimate of drug-likeness (QED) is 0.679. The molecule has 0 atom stereocenters. The minimum absolute atomic E-state index is 0.0775. The highest BCUT2D eigenvalue weighted by Gasteiger charge is 2.43. The molecule has 1 aliphatic heterocycles. The molecule has 5 heteroatoms. The second-order valence-electron chi connectivity index (χ2n) is 3.03. The van der Waals surface area contributed by atoms with Crippen LogP contribution in [0.3, 0.4) is 0 Å². The van der Waals surface area contributed by atoms with E-state index in [0.29, 0.717) is 22.9 Å². The first-order valence-corrected chi connectivity index (χ1v) is 5.05. The Morgan fingerprint density at radius 2 is 1.77 bits per heavy atom.